The van der Waals surface area contributed by atoms with Gasteiger partial charge in [0, 0.05) is 5.56 Å². The van der Waals surface area contributed by atoms with Crippen LogP contribution in [0.1, 0.15) is 22.8 Å². The Hall–Kier alpha value is -1.62. The molecule has 0 spiro atoms. The summed E-state index contributed by atoms with van der Waals surface area (Å²) in [7, 11) is 0. The van der Waals surface area contributed by atoms with E-state index in [1.54, 1.807) is 25.1 Å². The molecule has 0 aliphatic carbocycles. The third kappa shape index (κ3) is 4.62. The van der Waals surface area contributed by atoms with Gasteiger partial charge >= 0.3 is 0 Å². The van der Waals surface area contributed by atoms with Crippen molar-refractivity contribution >= 4 is 0 Å². The molecule has 1 aromatic carbocycles. The molecule has 8 N–H and O–H groups in total. The second-order valence-corrected chi connectivity index (χ2v) is 7.79. The Balaban J connectivity index is 1.87. The highest BCUT2D eigenvalue weighted by molar-refractivity contribution is 5.46. The standard InChI is InChI=1S/C21H28O10/c1-9-10(5-6-12-15(24)18(27)16(25)13(7-22)30-12)3-2-4-11(9)21-20(29)19(28)17(26)14(8-23)31-21/h2-4,12-29H,7-8H2,1H3/t12-,13-,14-,15-,16-,17-,18-,19+,20+,21-/m1/s1. The molecule has 2 aliphatic rings. The van der Waals surface area contributed by atoms with Gasteiger partial charge < -0.3 is 50.3 Å². The number of aliphatic hydroxyl groups excluding tert-OH is 8. The molecule has 2 saturated heterocycles. The lowest BCUT2D eigenvalue weighted by Crippen LogP contribution is -2.58. The Bertz CT molecular complexity index is 816. The number of hydrogen-bond acceptors (Lipinski definition) is 10. The molecule has 0 saturated carbocycles. The fraction of sp³-hybridized carbons (Fsp3) is 0.619. The summed E-state index contributed by atoms with van der Waals surface area (Å²) in [5.74, 6) is 5.51. The summed E-state index contributed by atoms with van der Waals surface area (Å²) in [6.45, 7) is 0.597. The average molecular weight is 440 g/mol. The summed E-state index contributed by atoms with van der Waals surface area (Å²) in [5, 5.41) is 79.0. The van der Waals surface area contributed by atoms with Crippen molar-refractivity contribution in [2.45, 2.75) is 68.0 Å². The Morgan fingerprint density at radius 2 is 1.35 bits per heavy atom. The van der Waals surface area contributed by atoms with Gasteiger partial charge in [-0.15, -0.1) is 0 Å². The molecule has 1 aromatic rings. The first-order valence-corrected chi connectivity index (χ1v) is 9.93. The molecule has 0 aromatic heterocycles. The molecule has 0 radical (unpaired) electrons. The van der Waals surface area contributed by atoms with E-state index in [0.29, 0.717) is 16.7 Å². The molecule has 10 atom stereocenters. The van der Waals surface area contributed by atoms with Gasteiger partial charge in [-0.05, 0) is 24.1 Å². The van der Waals surface area contributed by atoms with Crippen LogP contribution >= 0.6 is 0 Å². The molecule has 0 bridgehead atoms. The predicted octanol–water partition coefficient (Wildman–Crippen LogP) is -3.30. The first-order chi connectivity index (χ1) is 14.7. The van der Waals surface area contributed by atoms with Gasteiger partial charge in [0.1, 0.15) is 61.0 Å². The van der Waals surface area contributed by atoms with Crippen molar-refractivity contribution in [3.8, 4) is 11.8 Å². The quantitative estimate of drug-likeness (QED) is 0.222. The molecule has 0 unspecified atom stereocenters. The van der Waals surface area contributed by atoms with Gasteiger partial charge in [-0.25, -0.2) is 0 Å². The van der Waals surface area contributed by atoms with Crippen LogP contribution in [-0.4, -0.2) is 109 Å². The molecule has 172 valence electrons. The fourth-order valence-electron chi connectivity index (χ4n) is 3.83. The number of benzene rings is 1. The van der Waals surface area contributed by atoms with Gasteiger partial charge in [-0.1, -0.05) is 24.0 Å². The van der Waals surface area contributed by atoms with Crippen molar-refractivity contribution in [3.63, 3.8) is 0 Å². The maximum absolute atomic E-state index is 10.4. The van der Waals surface area contributed by atoms with Crippen molar-refractivity contribution in [1.82, 2.24) is 0 Å². The van der Waals surface area contributed by atoms with E-state index < -0.39 is 74.3 Å². The highest BCUT2D eigenvalue weighted by atomic mass is 16.5. The summed E-state index contributed by atoms with van der Waals surface area (Å²) in [4.78, 5) is 0. The van der Waals surface area contributed by atoms with E-state index in [2.05, 4.69) is 11.8 Å². The van der Waals surface area contributed by atoms with Crippen LogP contribution < -0.4 is 0 Å². The van der Waals surface area contributed by atoms with Crippen molar-refractivity contribution in [2.75, 3.05) is 13.2 Å². The summed E-state index contributed by atoms with van der Waals surface area (Å²) in [6, 6.07) is 4.96. The first kappa shape index (κ1) is 24.0. The summed E-state index contributed by atoms with van der Waals surface area (Å²) >= 11 is 0. The number of hydrogen-bond donors (Lipinski definition) is 8. The van der Waals surface area contributed by atoms with E-state index in [1.807, 2.05) is 0 Å². The van der Waals surface area contributed by atoms with Crippen LogP contribution in [0.2, 0.25) is 0 Å². The lowest BCUT2D eigenvalue weighted by Gasteiger charge is -2.40. The van der Waals surface area contributed by atoms with E-state index in [0.717, 1.165) is 0 Å². The van der Waals surface area contributed by atoms with Gasteiger partial charge in [0.05, 0.1) is 13.2 Å². The third-order valence-corrected chi connectivity index (χ3v) is 5.82. The average Bonchev–Trinajstić information content (AvgIpc) is 2.77. The first-order valence-electron chi connectivity index (χ1n) is 9.93. The second-order valence-electron chi connectivity index (χ2n) is 7.79. The Morgan fingerprint density at radius 1 is 0.774 bits per heavy atom. The second kappa shape index (κ2) is 9.89. The molecular formula is C21H28O10. The van der Waals surface area contributed by atoms with Gasteiger partial charge in [-0.3, -0.25) is 0 Å². The third-order valence-electron chi connectivity index (χ3n) is 5.82. The van der Waals surface area contributed by atoms with Crippen molar-refractivity contribution in [1.29, 1.82) is 0 Å². The van der Waals surface area contributed by atoms with Gasteiger partial charge in [-0.2, -0.15) is 0 Å². The van der Waals surface area contributed by atoms with E-state index in [1.165, 1.54) is 0 Å². The lowest BCUT2D eigenvalue weighted by molar-refractivity contribution is -0.231. The maximum atomic E-state index is 10.4. The maximum Gasteiger partial charge on any atom is 0.147 e. The number of aliphatic hydroxyl groups is 8. The van der Waals surface area contributed by atoms with Crippen molar-refractivity contribution in [2.24, 2.45) is 0 Å². The van der Waals surface area contributed by atoms with Crippen LogP contribution in [0.4, 0.5) is 0 Å². The Morgan fingerprint density at radius 3 is 1.97 bits per heavy atom. The fourth-order valence-corrected chi connectivity index (χ4v) is 3.83. The lowest BCUT2D eigenvalue weighted by atomic mass is 9.88. The van der Waals surface area contributed by atoms with E-state index in [-0.39, 0.29) is 0 Å². The SMILES string of the molecule is Cc1c(C#C[C@H]2O[C@H](CO)[C@@H](O)[C@H](O)[C@@H]2O)cccc1[C@H]1O[C@H](CO)[C@@H](O)[C@H](O)[C@@H]1O. The Kier molecular flexibility index (Phi) is 7.67. The van der Waals surface area contributed by atoms with Crippen LogP contribution in [0.25, 0.3) is 0 Å². The van der Waals surface area contributed by atoms with Crippen LogP contribution in [0, 0.1) is 18.8 Å². The summed E-state index contributed by atoms with van der Waals surface area (Å²) in [6.07, 6.45) is -13.2. The number of ether oxygens (including phenoxy) is 2. The monoisotopic (exact) mass is 440 g/mol. The highest BCUT2D eigenvalue weighted by Gasteiger charge is 2.45. The summed E-state index contributed by atoms with van der Waals surface area (Å²) < 4.78 is 11.0. The molecule has 2 heterocycles. The molecule has 10 heteroatoms. The molecule has 31 heavy (non-hydrogen) atoms. The smallest absolute Gasteiger partial charge is 0.147 e. The zero-order chi connectivity index (χ0) is 22.9. The highest BCUT2D eigenvalue weighted by Crippen LogP contribution is 2.34. The zero-order valence-electron chi connectivity index (χ0n) is 16.8. The number of rotatable bonds is 3. The normalized spacial score (nSPS) is 40.8. The minimum atomic E-state index is -1.54. The van der Waals surface area contributed by atoms with Crippen LogP contribution in [-0.2, 0) is 9.47 Å². The van der Waals surface area contributed by atoms with Crippen LogP contribution in [0.15, 0.2) is 18.2 Å². The molecule has 2 aliphatic heterocycles. The molecule has 0 amide bonds. The largest absolute Gasteiger partial charge is 0.394 e. The molecular weight excluding hydrogens is 412 g/mol. The van der Waals surface area contributed by atoms with E-state index >= 15 is 0 Å². The Labute approximate surface area is 178 Å². The predicted molar refractivity (Wildman–Crippen MR) is 105 cm³/mol. The molecule has 10 nitrogen and oxygen atoms in total. The van der Waals surface area contributed by atoms with Gasteiger partial charge in [0.2, 0.25) is 0 Å². The zero-order valence-corrected chi connectivity index (χ0v) is 16.8. The van der Waals surface area contributed by atoms with Gasteiger partial charge in [0.25, 0.3) is 0 Å². The van der Waals surface area contributed by atoms with Crippen LogP contribution in [0.3, 0.4) is 0 Å². The summed E-state index contributed by atoms with van der Waals surface area (Å²) in [5.41, 5.74) is 1.55. The topological polar surface area (TPSA) is 180 Å². The van der Waals surface area contributed by atoms with Gasteiger partial charge in [0.15, 0.2) is 0 Å². The van der Waals surface area contributed by atoms with Crippen LogP contribution in [0.5, 0.6) is 0 Å². The minimum absolute atomic E-state index is 0.478. The van der Waals surface area contributed by atoms with Crippen molar-refractivity contribution < 1.29 is 50.3 Å². The van der Waals surface area contributed by atoms with E-state index in [9.17, 15) is 40.9 Å². The molecule has 3 rings (SSSR count). The molecule has 2 fully saturated rings. The van der Waals surface area contributed by atoms with E-state index in [4.69, 9.17) is 9.47 Å². The van der Waals surface area contributed by atoms with Crippen molar-refractivity contribution in [3.05, 3.63) is 34.9 Å². The minimum Gasteiger partial charge on any atom is -0.394 e.